The second kappa shape index (κ2) is 6.15. The minimum atomic E-state index is -0.265. The lowest BCUT2D eigenvalue weighted by Crippen LogP contribution is -2.27. The number of hydrogen-bond donors (Lipinski definition) is 0. The fourth-order valence-corrected chi connectivity index (χ4v) is 1.37. The van der Waals surface area contributed by atoms with Gasteiger partial charge < -0.3 is 4.90 Å². The van der Waals surface area contributed by atoms with Crippen LogP contribution in [-0.2, 0) is 4.84 Å². The van der Waals surface area contributed by atoms with Crippen molar-refractivity contribution in [3.05, 3.63) is 18.0 Å². The van der Waals surface area contributed by atoms with E-state index < -0.39 is 0 Å². The quantitative estimate of drug-likeness (QED) is 0.715. The Bertz CT molecular complexity index is 362. The first-order valence-electron chi connectivity index (χ1n) is 5.53. The largest absolute Gasteiger partial charge is 0.341 e. The summed E-state index contributed by atoms with van der Waals surface area (Å²) in [6.07, 6.45) is 3.02. The summed E-state index contributed by atoms with van der Waals surface area (Å²) in [5.41, 5.74) is 0.408. The number of rotatable bonds is 5. The molecule has 0 aromatic carbocycles. The van der Waals surface area contributed by atoms with Crippen LogP contribution in [0.2, 0.25) is 0 Å². The van der Waals surface area contributed by atoms with Gasteiger partial charge in [0.25, 0.3) is 5.91 Å². The molecule has 1 amide bonds. The average Bonchev–Trinajstić information content (AvgIpc) is 2.39. The molecule has 0 unspecified atom stereocenters. The molecule has 6 nitrogen and oxygen atoms in total. The predicted molar refractivity (Wildman–Crippen MR) is 64.7 cm³/mol. The van der Waals surface area contributed by atoms with E-state index in [1.807, 2.05) is 18.7 Å². The van der Waals surface area contributed by atoms with Crippen LogP contribution >= 0.6 is 0 Å². The molecule has 1 heterocycles. The highest BCUT2D eigenvalue weighted by Gasteiger charge is 2.13. The summed E-state index contributed by atoms with van der Waals surface area (Å²) in [6, 6.07) is 0. The van der Waals surface area contributed by atoms with E-state index in [-0.39, 0.29) is 5.91 Å². The molecule has 1 aromatic heterocycles. The van der Waals surface area contributed by atoms with Crippen LogP contribution in [0.5, 0.6) is 0 Å². The molecule has 0 atom stereocenters. The van der Waals surface area contributed by atoms with Crippen molar-refractivity contribution >= 4 is 11.9 Å². The highest BCUT2D eigenvalue weighted by Crippen LogP contribution is 2.07. The molecule has 1 rings (SSSR count). The zero-order chi connectivity index (χ0) is 12.8. The Morgan fingerprint density at radius 2 is 1.82 bits per heavy atom. The summed E-state index contributed by atoms with van der Waals surface area (Å²) in [4.78, 5) is 26.9. The zero-order valence-electron chi connectivity index (χ0n) is 10.7. The monoisotopic (exact) mass is 238 g/mol. The molecule has 0 spiro atoms. The summed E-state index contributed by atoms with van der Waals surface area (Å²) in [7, 11) is 2.98. The van der Waals surface area contributed by atoms with Crippen molar-refractivity contribution < 1.29 is 9.63 Å². The lowest BCUT2D eigenvalue weighted by molar-refractivity contribution is -0.0757. The van der Waals surface area contributed by atoms with Crippen molar-refractivity contribution in [2.24, 2.45) is 0 Å². The molecule has 0 radical (unpaired) electrons. The minimum Gasteiger partial charge on any atom is -0.341 e. The van der Waals surface area contributed by atoms with Crippen molar-refractivity contribution in [3.8, 4) is 0 Å². The third-order valence-corrected chi connectivity index (χ3v) is 2.49. The average molecular weight is 238 g/mol. The number of carbonyl (C=O) groups is 1. The van der Waals surface area contributed by atoms with E-state index in [4.69, 9.17) is 4.84 Å². The van der Waals surface area contributed by atoms with Gasteiger partial charge in [0.1, 0.15) is 0 Å². The maximum Gasteiger partial charge on any atom is 0.280 e. The van der Waals surface area contributed by atoms with E-state index in [2.05, 4.69) is 9.97 Å². The van der Waals surface area contributed by atoms with Crippen molar-refractivity contribution in [1.29, 1.82) is 0 Å². The van der Waals surface area contributed by atoms with Crippen molar-refractivity contribution in [2.75, 3.05) is 32.1 Å². The zero-order valence-corrected chi connectivity index (χ0v) is 10.7. The Labute approximate surface area is 101 Å². The van der Waals surface area contributed by atoms with Crippen LogP contribution in [0.1, 0.15) is 24.2 Å². The molecule has 0 bridgehead atoms. The van der Waals surface area contributed by atoms with E-state index >= 15 is 0 Å². The molecule has 0 aliphatic heterocycles. The second-order valence-corrected chi connectivity index (χ2v) is 3.43. The van der Waals surface area contributed by atoms with E-state index in [1.54, 1.807) is 7.05 Å². The van der Waals surface area contributed by atoms with Crippen LogP contribution in [-0.4, -0.2) is 48.2 Å². The maximum absolute atomic E-state index is 11.7. The molecule has 6 heteroatoms. The number of aromatic nitrogens is 2. The lowest BCUT2D eigenvalue weighted by Gasteiger charge is -2.18. The van der Waals surface area contributed by atoms with Crippen LogP contribution < -0.4 is 4.90 Å². The number of nitrogens with zero attached hydrogens (tertiary/aromatic N) is 4. The van der Waals surface area contributed by atoms with Gasteiger partial charge in [-0.25, -0.2) is 15.0 Å². The van der Waals surface area contributed by atoms with Gasteiger partial charge in [0, 0.05) is 32.5 Å². The van der Waals surface area contributed by atoms with Gasteiger partial charge >= 0.3 is 0 Å². The van der Waals surface area contributed by atoms with E-state index in [1.165, 1.54) is 19.5 Å². The Morgan fingerprint density at radius 3 is 2.24 bits per heavy atom. The Morgan fingerprint density at radius 1 is 1.29 bits per heavy atom. The van der Waals surface area contributed by atoms with Crippen LogP contribution in [0.15, 0.2) is 12.4 Å². The Balaban J connectivity index is 2.84. The fraction of sp³-hybridized carbons (Fsp3) is 0.545. The number of hydroxylamine groups is 2. The standard InChI is InChI=1S/C11H18N4O2/c1-5-15(6-2)11-12-7-9(8-13-11)10(16)14(3)17-4/h7-8H,5-6H2,1-4H3. The third-order valence-electron chi connectivity index (χ3n) is 2.49. The first-order chi connectivity index (χ1) is 8.13. The van der Waals surface area contributed by atoms with Gasteiger partial charge in [-0.2, -0.15) is 0 Å². The molecule has 94 valence electrons. The molecule has 0 saturated heterocycles. The van der Waals surface area contributed by atoms with Crippen LogP contribution in [0, 0.1) is 0 Å². The molecule has 17 heavy (non-hydrogen) atoms. The molecule has 0 N–H and O–H groups in total. The Kier molecular flexibility index (Phi) is 4.84. The summed E-state index contributed by atoms with van der Waals surface area (Å²) in [5.74, 6) is 0.366. The number of anilines is 1. The number of amides is 1. The second-order valence-electron chi connectivity index (χ2n) is 3.43. The van der Waals surface area contributed by atoms with Gasteiger partial charge in [-0.1, -0.05) is 0 Å². The summed E-state index contributed by atoms with van der Waals surface area (Å²) in [5, 5.41) is 1.13. The van der Waals surface area contributed by atoms with Gasteiger partial charge in [-0.05, 0) is 13.8 Å². The van der Waals surface area contributed by atoms with Crippen LogP contribution in [0.3, 0.4) is 0 Å². The molecular weight excluding hydrogens is 220 g/mol. The summed E-state index contributed by atoms with van der Waals surface area (Å²) in [6.45, 7) is 5.73. The number of hydrogen-bond acceptors (Lipinski definition) is 5. The number of carbonyl (C=O) groups excluding carboxylic acids is 1. The van der Waals surface area contributed by atoms with Gasteiger partial charge in [-0.15, -0.1) is 0 Å². The van der Waals surface area contributed by atoms with Crippen molar-refractivity contribution in [1.82, 2.24) is 15.0 Å². The molecular formula is C11H18N4O2. The molecule has 0 saturated carbocycles. The summed E-state index contributed by atoms with van der Waals surface area (Å²) >= 11 is 0. The van der Waals surface area contributed by atoms with E-state index in [0.29, 0.717) is 11.5 Å². The predicted octanol–water partition coefficient (Wildman–Crippen LogP) is 0.956. The summed E-state index contributed by atoms with van der Waals surface area (Å²) < 4.78 is 0. The van der Waals surface area contributed by atoms with E-state index in [0.717, 1.165) is 18.2 Å². The third kappa shape index (κ3) is 3.13. The normalized spacial score (nSPS) is 10.1. The maximum atomic E-state index is 11.7. The van der Waals surface area contributed by atoms with Crippen molar-refractivity contribution in [2.45, 2.75) is 13.8 Å². The van der Waals surface area contributed by atoms with Crippen molar-refractivity contribution in [3.63, 3.8) is 0 Å². The fourth-order valence-electron chi connectivity index (χ4n) is 1.37. The van der Waals surface area contributed by atoms with Crippen LogP contribution in [0.25, 0.3) is 0 Å². The van der Waals surface area contributed by atoms with Crippen LogP contribution in [0.4, 0.5) is 5.95 Å². The highest BCUT2D eigenvalue weighted by molar-refractivity contribution is 5.92. The Hall–Kier alpha value is -1.69. The van der Waals surface area contributed by atoms with Gasteiger partial charge in [0.15, 0.2) is 0 Å². The topological polar surface area (TPSA) is 58.6 Å². The van der Waals surface area contributed by atoms with E-state index in [9.17, 15) is 4.79 Å². The SMILES string of the molecule is CCN(CC)c1ncc(C(=O)N(C)OC)cn1. The first kappa shape index (κ1) is 13.4. The first-order valence-corrected chi connectivity index (χ1v) is 5.53. The smallest absolute Gasteiger partial charge is 0.280 e. The minimum absolute atomic E-state index is 0.265. The van der Waals surface area contributed by atoms with Gasteiger partial charge in [-0.3, -0.25) is 9.63 Å². The highest BCUT2D eigenvalue weighted by atomic mass is 16.7. The van der Waals surface area contributed by atoms with Gasteiger partial charge in [0.05, 0.1) is 12.7 Å². The van der Waals surface area contributed by atoms with Gasteiger partial charge in [0.2, 0.25) is 5.95 Å². The molecule has 0 aliphatic carbocycles. The lowest BCUT2D eigenvalue weighted by atomic mass is 10.3. The molecule has 1 aromatic rings. The molecule has 0 aliphatic rings. The molecule has 0 fully saturated rings.